The van der Waals surface area contributed by atoms with Crippen molar-refractivity contribution in [1.29, 1.82) is 0 Å². The Bertz CT molecular complexity index is 197. The Kier molecular flexibility index (Phi) is 7.88. The summed E-state index contributed by atoms with van der Waals surface area (Å²) in [6.45, 7) is 15.6. The molecule has 0 aromatic carbocycles. The lowest BCUT2D eigenvalue weighted by Crippen LogP contribution is -2.35. The second-order valence-corrected chi connectivity index (χ2v) is 3.91. The van der Waals surface area contributed by atoms with Crippen LogP contribution in [0.15, 0.2) is 24.6 Å². The molecule has 0 heterocycles. The van der Waals surface area contributed by atoms with E-state index in [1.54, 1.807) is 0 Å². The molecule has 0 aromatic heterocycles. The Balaban J connectivity index is 4.00. The fourth-order valence-corrected chi connectivity index (χ4v) is 1.46. The smallest absolute Gasteiger partial charge is 0.0648 e. The third-order valence-corrected chi connectivity index (χ3v) is 2.36. The topological polar surface area (TPSA) is 24.1 Å². The Morgan fingerprint density at radius 3 is 2.27 bits per heavy atom. The molecule has 0 rings (SSSR count). The maximum absolute atomic E-state index is 4.06. The van der Waals surface area contributed by atoms with Crippen LogP contribution in [-0.4, -0.2) is 12.6 Å². The van der Waals surface area contributed by atoms with Crippen molar-refractivity contribution in [3.05, 3.63) is 24.6 Å². The van der Waals surface area contributed by atoms with Crippen LogP contribution in [0.4, 0.5) is 0 Å². The molecule has 0 amide bonds. The second-order valence-electron chi connectivity index (χ2n) is 3.91. The quantitative estimate of drug-likeness (QED) is 0.611. The molecular weight excluding hydrogens is 184 g/mol. The second kappa shape index (κ2) is 8.39. The summed E-state index contributed by atoms with van der Waals surface area (Å²) in [5, 5.41) is 6.75. The standard InChI is InChI=1S/C13H26N2/c1-6-9-11(4)15-13(8-3)12(5)14-10-7-2/h13-15H,4-10H2,1-3H3. The molecule has 0 fully saturated rings. The van der Waals surface area contributed by atoms with Gasteiger partial charge in [0.1, 0.15) is 0 Å². The molecule has 0 saturated carbocycles. The number of hydrogen-bond donors (Lipinski definition) is 2. The summed E-state index contributed by atoms with van der Waals surface area (Å²) in [5.74, 6) is 0. The van der Waals surface area contributed by atoms with Gasteiger partial charge in [-0.15, -0.1) is 0 Å². The highest BCUT2D eigenvalue weighted by Crippen LogP contribution is 2.06. The van der Waals surface area contributed by atoms with Gasteiger partial charge in [-0.2, -0.15) is 0 Å². The lowest BCUT2D eigenvalue weighted by Gasteiger charge is -2.23. The van der Waals surface area contributed by atoms with Crippen molar-refractivity contribution in [2.75, 3.05) is 6.54 Å². The number of allylic oxidation sites excluding steroid dienone is 1. The molecule has 0 spiro atoms. The third kappa shape index (κ3) is 6.21. The average molecular weight is 210 g/mol. The van der Waals surface area contributed by atoms with Crippen molar-refractivity contribution in [1.82, 2.24) is 10.6 Å². The normalized spacial score (nSPS) is 11.9. The van der Waals surface area contributed by atoms with Crippen LogP contribution in [0.5, 0.6) is 0 Å². The summed E-state index contributed by atoms with van der Waals surface area (Å²) < 4.78 is 0. The van der Waals surface area contributed by atoms with E-state index in [1.807, 2.05) is 0 Å². The van der Waals surface area contributed by atoms with Crippen LogP contribution < -0.4 is 10.6 Å². The SMILES string of the molecule is C=C(CCC)NC(CC)C(=C)NCCC. The van der Waals surface area contributed by atoms with E-state index in [0.717, 1.165) is 43.6 Å². The van der Waals surface area contributed by atoms with Crippen LogP contribution >= 0.6 is 0 Å². The highest BCUT2D eigenvalue weighted by atomic mass is 15.0. The first-order chi connectivity index (χ1) is 7.15. The molecule has 1 unspecified atom stereocenters. The van der Waals surface area contributed by atoms with E-state index >= 15 is 0 Å². The summed E-state index contributed by atoms with van der Waals surface area (Å²) >= 11 is 0. The van der Waals surface area contributed by atoms with Crippen LogP contribution in [0.25, 0.3) is 0 Å². The van der Waals surface area contributed by atoms with E-state index < -0.39 is 0 Å². The van der Waals surface area contributed by atoms with Crippen molar-refractivity contribution in [3.63, 3.8) is 0 Å². The van der Waals surface area contributed by atoms with E-state index in [4.69, 9.17) is 0 Å². The lowest BCUT2D eigenvalue weighted by atomic mass is 10.1. The summed E-state index contributed by atoms with van der Waals surface area (Å²) in [6.07, 6.45) is 4.35. The molecule has 0 saturated heterocycles. The Labute approximate surface area is 94.8 Å². The van der Waals surface area contributed by atoms with Crippen molar-refractivity contribution in [2.45, 2.75) is 52.5 Å². The van der Waals surface area contributed by atoms with Crippen LogP contribution in [0.3, 0.4) is 0 Å². The summed E-state index contributed by atoms with van der Waals surface area (Å²) in [7, 11) is 0. The van der Waals surface area contributed by atoms with Crippen LogP contribution in [0.2, 0.25) is 0 Å². The molecular formula is C13H26N2. The van der Waals surface area contributed by atoms with E-state index in [9.17, 15) is 0 Å². The number of hydrogen-bond acceptors (Lipinski definition) is 2. The lowest BCUT2D eigenvalue weighted by molar-refractivity contribution is 0.558. The zero-order chi connectivity index (χ0) is 11.7. The van der Waals surface area contributed by atoms with Crippen molar-refractivity contribution < 1.29 is 0 Å². The molecule has 0 aromatic rings. The molecule has 88 valence electrons. The van der Waals surface area contributed by atoms with Crippen molar-refractivity contribution in [3.8, 4) is 0 Å². The van der Waals surface area contributed by atoms with E-state index in [1.165, 1.54) is 0 Å². The summed E-state index contributed by atoms with van der Waals surface area (Å²) in [6, 6.07) is 0.315. The predicted octanol–water partition coefficient (Wildman–Crippen LogP) is 3.18. The van der Waals surface area contributed by atoms with Gasteiger partial charge in [0.15, 0.2) is 0 Å². The fraction of sp³-hybridized carbons (Fsp3) is 0.692. The van der Waals surface area contributed by atoms with Gasteiger partial charge in [0.05, 0.1) is 6.04 Å². The van der Waals surface area contributed by atoms with Crippen LogP contribution in [-0.2, 0) is 0 Å². The van der Waals surface area contributed by atoms with Crippen LogP contribution in [0.1, 0.15) is 46.5 Å². The minimum atomic E-state index is 0.315. The Hall–Kier alpha value is -0.920. The molecule has 2 nitrogen and oxygen atoms in total. The van der Waals surface area contributed by atoms with Gasteiger partial charge in [-0.25, -0.2) is 0 Å². The zero-order valence-electron chi connectivity index (χ0n) is 10.5. The predicted molar refractivity (Wildman–Crippen MR) is 68.7 cm³/mol. The van der Waals surface area contributed by atoms with Gasteiger partial charge in [-0.1, -0.05) is 40.3 Å². The minimum Gasteiger partial charge on any atom is -0.387 e. The van der Waals surface area contributed by atoms with Gasteiger partial charge in [0, 0.05) is 17.9 Å². The van der Waals surface area contributed by atoms with Crippen molar-refractivity contribution >= 4 is 0 Å². The third-order valence-electron chi connectivity index (χ3n) is 2.36. The van der Waals surface area contributed by atoms with E-state index in [-0.39, 0.29) is 0 Å². The molecule has 0 aliphatic rings. The Morgan fingerprint density at radius 2 is 1.80 bits per heavy atom. The zero-order valence-corrected chi connectivity index (χ0v) is 10.5. The van der Waals surface area contributed by atoms with E-state index in [2.05, 4.69) is 44.6 Å². The molecule has 0 aliphatic heterocycles. The largest absolute Gasteiger partial charge is 0.387 e. The van der Waals surface area contributed by atoms with Gasteiger partial charge in [0.25, 0.3) is 0 Å². The maximum atomic E-state index is 4.06. The number of rotatable bonds is 9. The Morgan fingerprint density at radius 1 is 1.13 bits per heavy atom. The molecule has 2 N–H and O–H groups in total. The van der Waals surface area contributed by atoms with E-state index in [0.29, 0.717) is 6.04 Å². The van der Waals surface area contributed by atoms with Crippen molar-refractivity contribution in [2.24, 2.45) is 0 Å². The summed E-state index contributed by atoms with van der Waals surface area (Å²) in [5.41, 5.74) is 2.19. The molecule has 0 radical (unpaired) electrons. The average Bonchev–Trinajstić information content (AvgIpc) is 2.22. The van der Waals surface area contributed by atoms with Gasteiger partial charge in [0.2, 0.25) is 0 Å². The van der Waals surface area contributed by atoms with Gasteiger partial charge < -0.3 is 10.6 Å². The first kappa shape index (κ1) is 14.1. The monoisotopic (exact) mass is 210 g/mol. The van der Waals surface area contributed by atoms with Crippen LogP contribution in [0, 0.1) is 0 Å². The molecule has 0 bridgehead atoms. The first-order valence-corrected chi connectivity index (χ1v) is 6.02. The first-order valence-electron chi connectivity index (χ1n) is 6.02. The fourth-order valence-electron chi connectivity index (χ4n) is 1.46. The van der Waals surface area contributed by atoms with Gasteiger partial charge >= 0.3 is 0 Å². The highest BCUT2D eigenvalue weighted by molar-refractivity contribution is 5.07. The molecule has 2 heteroatoms. The van der Waals surface area contributed by atoms with Gasteiger partial charge in [-0.05, 0) is 19.3 Å². The summed E-state index contributed by atoms with van der Waals surface area (Å²) in [4.78, 5) is 0. The molecule has 15 heavy (non-hydrogen) atoms. The highest BCUT2D eigenvalue weighted by Gasteiger charge is 2.09. The molecule has 0 aliphatic carbocycles. The maximum Gasteiger partial charge on any atom is 0.0648 e. The van der Waals surface area contributed by atoms with Gasteiger partial charge in [-0.3, -0.25) is 0 Å². The number of nitrogens with one attached hydrogen (secondary N) is 2. The molecule has 1 atom stereocenters. The minimum absolute atomic E-state index is 0.315.